The van der Waals surface area contributed by atoms with E-state index < -0.39 is 0 Å². The Balaban J connectivity index is 2.78. The SMILES string of the molecule is COc1ccc(Cl)cc1CN(CCCN)CC(C)C. The zero-order chi connectivity index (χ0) is 14.3. The molecule has 108 valence electrons. The lowest BCUT2D eigenvalue weighted by Crippen LogP contribution is -2.29. The standard InChI is InChI=1S/C15H25ClN2O/c1-12(2)10-18(8-4-7-17)11-13-9-14(16)5-6-15(13)19-3/h5-6,9,12H,4,7-8,10-11,17H2,1-3H3. The Kier molecular flexibility index (Phi) is 7.21. The summed E-state index contributed by atoms with van der Waals surface area (Å²) in [6.07, 6.45) is 1.01. The number of ether oxygens (including phenoxy) is 1. The molecule has 0 fully saturated rings. The van der Waals surface area contributed by atoms with Gasteiger partial charge in [-0.3, -0.25) is 4.90 Å². The van der Waals surface area contributed by atoms with Gasteiger partial charge in [0.15, 0.2) is 0 Å². The lowest BCUT2D eigenvalue weighted by molar-refractivity contribution is 0.231. The average Bonchev–Trinajstić information content (AvgIpc) is 2.35. The number of halogens is 1. The topological polar surface area (TPSA) is 38.5 Å². The van der Waals surface area contributed by atoms with Crippen LogP contribution < -0.4 is 10.5 Å². The van der Waals surface area contributed by atoms with Gasteiger partial charge in [0.05, 0.1) is 7.11 Å². The van der Waals surface area contributed by atoms with Gasteiger partial charge < -0.3 is 10.5 Å². The highest BCUT2D eigenvalue weighted by atomic mass is 35.5. The first kappa shape index (κ1) is 16.3. The fourth-order valence-electron chi connectivity index (χ4n) is 2.18. The molecule has 0 aliphatic heterocycles. The van der Waals surface area contributed by atoms with Crippen molar-refractivity contribution in [2.75, 3.05) is 26.7 Å². The van der Waals surface area contributed by atoms with E-state index in [2.05, 4.69) is 18.7 Å². The van der Waals surface area contributed by atoms with Crippen molar-refractivity contribution in [3.8, 4) is 5.75 Å². The summed E-state index contributed by atoms with van der Waals surface area (Å²) in [6.45, 7) is 8.08. The second kappa shape index (κ2) is 8.41. The molecule has 0 heterocycles. The highest BCUT2D eigenvalue weighted by Gasteiger charge is 2.11. The molecule has 19 heavy (non-hydrogen) atoms. The molecular formula is C15H25ClN2O. The minimum Gasteiger partial charge on any atom is -0.496 e. The Labute approximate surface area is 121 Å². The maximum absolute atomic E-state index is 6.07. The van der Waals surface area contributed by atoms with Crippen molar-refractivity contribution in [3.63, 3.8) is 0 Å². The quantitative estimate of drug-likeness (QED) is 0.797. The molecule has 0 bridgehead atoms. The second-order valence-electron chi connectivity index (χ2n) is 5.23. The molecule has 0 spiro atoms. The van der Waals surface area contributed by atoms with Crippen LogP contribution in [0.4, 0.5) is 0 Å². The summed E-state index contributed by atoms with van der Waals surface area (Å²) < 4.78 is 5.40. The van der Waals surface area contributed by atoms with Crippen LogP contribution in [-0.2, 0) is 6.54 Å². The molecule has 0 radical (unpaired) electrons. The Morgan fingerprint density at radius 1 is 1.37 bits per heavy atom. The molecular weight excluding hydrogens is 260 g/mol. The zero-order valence-electron chi connectivity index (χ0n) is 12.2. The van der Waals surface area contributed by atoms with Gasteiger partial charge in [-0.1, -0.05) is 25.4 Å². The van der Waals surface area contributed by atoms with Crippen LogP contribution >= 0.6 is 11.6 Å². The highest BCUT2D eigenvalue weighted by molar-refractivity contribution is 6.30. The Bertz CT molecular complexity index is 382. The van der Waals surface area contributed by atoms with Crippen LogP contribution in [0.3, 0.4) is 0 Å². The van der Waals surface area contributed by atoms with Gasteiger partial charge in [-0.25, -0.2) is 0 Å². The van der Waals surface area contributed by atoms with Crippen LogP contribution in [0.1, 0.15) is 25.8 Å². The smallest absolute Gasteiger partial charge is 0.123 e. The predicted octanol–water partition coefficient (Wildman–Crippen LogP) is 3.16. The summed E-state index contributed by atoms with van der Waals surface area (Å²) in [7, 11) is 1.69. The summed E-state index contributed by atoms with van der Waals surface area (Å²) in [5, 5.41) is 0.749. The molecule has 3 nitrogen and oxygen atoms in total. The number of nitrogens with zero attached hydrogens (tertiary/aromatic N) is 1. The van der Waals surface area contributed by atoms with Gasteiger partial charge in [-0.05, 0) is 43.6 Å². The summed E-state index contributed by atoms with van der Waals surface area (Å²) in [5.74, 6) is 1.52. The fourth-order valence-corrected chi connectivity index (χ4v) is 2.37. The number of methoxy groups -OCH3 is 1. The first-order valence-corrected chi connectivity index (χ1v) is 7.19. The lowest BCUT2D eigenvalue weighted by Gasteiger charge is -2.25. The lowest BCUT2D eigenvalue weighted by atomic mass is 10.1. The van der Waals surface area contributed by atoms with E-state index in [4.69, 9.17) is 22.1 Å². The molecule has 0 aliphatic carbocycles. The van der Waals surface area contributed by atoms with Crippen LogP contribution in [0.5, 0.6) is 5.75 Å². The number of rotatable bonds is 8. The van der Waals surface area contributed by atoms with Gasteiger partial charge in [0.2, 0.25) is 0 Å². The summed E-state index contributed by atoms with van der Waals surface area (Å²) in [5.41, 5.74) is 6.74. The average molecular weight is 285 g/mol. The molecule has 0 atom stereocenters. The van der Waals surface area contributed by atoms with Crippen LogP contribution in [0.2, 0.25) is 5.02 Å². The second-order valence-corrected chi connectivity index (χ2v) is 5.66. The molecule has 1 aromatic rings. The molecule has 0 saturated heterocycles. The molecule has 0 saturated carbocycles. The van der Waals surface area contributed by atoms with Crippen molar-refractivity contribution in [1.29, 1.82) is 0 Å². The minimum atomic E-state index is 0.628. The van der Waals surface area contributed by atoms with Crippen molar-refractivity contribution in [3.05, 3.63) is 28.8 Å². The Morgan fingerprint density at radius 3 is 2.68 bits per heavy atom. The van der Waals surface area contributed by atoms with Crippen molar-refractivity contribution < 1.29 is 4.74 Å². The minimum absolute atomic E-state index is 0.628. The largest absolute Gasteiger partial charge is 0.496 e. The van der Waals surface area contributed by atoms with E-state index >= 15 is 0 Å². The molecule has 0 unspecified atom stereocenters. The van der Waals surface area contributed by atoms with E-state index in [-0.39, 0.29) is 0 Å². The van der Waals surface area contributed by atoms with E-state index in [1.807, 2.05) is 18.2 Å². The number of hydrogen-bond donors (Lipinski definition) is 1. The van der Waals surface area contributed by atoms with E-state index in [1.165, 1.54) is 0 Å². The van der Waals surface area contributed by atoms with Gasteiger partial charge in [0.1, 0.15) is 5.75 Å². The molecule has 0 aliphatic rings. The maximum atomic E-state index is 6.07. The summed E-state index contributed by atoms with van der Waals surface area (Å²) in [4.78, 5) is 2.41. The third kappa shape index (κ3) is 5.81. The van der Waals surface area contributed by atoms with Gasteiger partial charge in [0, 0.05) is 23.7 Å². The van der Waals surface area contributed by atoms with Crippen LogP contribution in [0.25, 0.3) is 0 Å². The van der Waals surface area contributed by atoms with Crippen molar-refractivity contribution >= 4 is 11.6 Å². The van der Waals surface area contributed by atoms with E-state index in [0.717, 1.165) is 48.9 Å². The maximum Gasteiger partial charge on any atom is 0.123 e. The van der Waals surface area contributed by atoms with Crippen molar-refractivity contribution in [2.24, 2.45) is 11.7 Å². The predicted molar refractivity (Wildman–Crippen MR) is 81.8 cm³/mol. The normalized spacial score (nSPS) is 11.3. The summed E-state index contributed by atoms with van der Waals surface area (Å²) in [6, 6.07) is 5.76. The van der Waals surface area contributed by atoms with Gasteiger partial charge in [0.25, 0.3) is 0 Å². The third-order valence-corrected chi connectivity index (χ3v) is 3.17. The molecule has 0 amide bonds. The van der Waals surface area contributed by atoms with Crippen molar-refractivity contribution in [1.82, 2.24) is 4.90 Å². The first-order valence-electron chi connectivity index (χ1n) is 6.81. The third-order valence-electron chi connectivity index (χ3n) is 2.94. The number of hydrogen-bond acceptors (Lipinski definition) is 3. The van der Waals surface area contributed by atoms with Gasteiger partial charge in [-0.2, -0.15) is 0 Å². The number of benzene rings is 1. The van der Waals surface area contributed by atoms with E-state index in [9.17, 15) is 0 Å². The molecule has 1 rings (SSSR count). The molecule has 2 N–H and O–H groups in total. The van der Waals surface area contributed by atoms with Crippen LogP contribution in [-0.4, -0.2) is 31.6 Å². The van der Waals surface area contributed by atoms with E-state index in [1.54, 1.807) is 7.11 Å². The first-order chi connectivity index (χ1) is 9.06. The molecule has 1 aromatic carbocycles. The number of nitrogens with two attached hydrogens (primary N) is 1. The zero-order valence-corrected chi connectivity index (χ0v) is 12.9. The van der Waals surface area contributed by atoms with Crippen LogP contribution in [0, 0.1) is 5.92 Å². The Hall–Kier alpha value is -0.770. The van der Waals surface area contributed by atoms with E-state index in [0.29, 0.717) is 5.92 Å². The van der Waals surface area contributed by atoms with Crippen molar-refractivity contribution in [2.45, 2.75) is 26.8 Å². The van der Waals surface area contributed by atoms with Gasteiger partial charge in [-0.15, -0.1) is 0 Å². The summed E-state index contributed by atoms with van der Waals surface area (Å²) >= 11 is 6.07. The van der Waals surface area contributed by atoms with Crippen LogP contribution in [0.15, 0.2) is 18.2 Å². The molecule has 0 aromatic heterocycles. The highest BCUT2D eigenvalue weighted by Crippen LogP contribution is 2.24. The molecule has 4 heteroatoms. The Morgan fingerprint density at radius 2 is 2.11 bits per heavy atom. The fraction of sp³-hybridized carbons (Fsp3) is 0.600. The monoisotopic (exact) mass is 284 g/mol. The van der Waals surface area contributed by atoms with Gasteiger partial charge >= 0.3 is 0 Å².